The number of hydrogen-bond donors (Lipinski definition) is 0. The molecule has 2 heterocycles. The van der Waals surface area contributed by atoms with Crippen molar-refractivity contribution in [2.24, 2.45) is 10.9 Å². The number of thioether (sulfide) groups is 1. The Bertz CT molecular complexity index is 804. The van der Waals surface area contributed by atoms with E-state index in [1.165, 1.54) is 11.8 Å². The molecule has 0 bridgehead atoms. The van der Waals surface area contributed by atoms with Gasteiger partial charge in [0.25, 0.3) is 5.91 Å². The first kappa shape index (κ1) is 18.0. The molecule has 1 aromatic carbocycles. The fourth-order valence-corrected chi connectivity index (χ4v) is 7.20. The molecule has 0 saturated carbocycles. The van der Waals surface area contributed by atoms with E-state index in [1.54, 1.807) is 36.9 Å². The van der Waals surface area contributed by atoms with Crippen molar-refractivity contribution >= 4 is 61.6 Å². The van der Waals surface area contributed by atoms with E-state index in [0.717, 1.165) is 0 Å². The summed E-state index contributed by atoms with van der Waals surface area (Å²) in [4.78, 5) is 18.1. The molecule has 3 rings (SSSR count). The molecule has 0 radical (unpaired) electrons. The number of fused-ring (bicyclic) bond motifs is 1. The zero-order chi connectivity index (χ0) is 17.6. The first-order valence-corrected chi connectivity index (χ1v) is 10.9. The van der Waals surface area contributed by atoms with Gasteiger partial charge in [0.15, 0.2) is 15.0 Å². The maximum absolute atomic E-state index is 12.1. The van der Waals surface area contributed by atoms with Crippen molar-refractivity contribution in [3.8, 4) is 0 Å². The topological polar surface area (TPSA) is 66.8 Å². The Kier molecular flexibility index (Phi) is 4.90. The molecule has 2 atom stereocenters. The molecule has 1 amide bonds. The van der Waals surface area contributed by atoms with Crippen LogP contribution in [0.3, 0.4) is 0 Å². The summed E-state index contributed by atoms with van der Waals surface area (Å²) in [6, 6.07) is 4.75. The summed E-state index contributed by atoms with van der Waals surface area (Å²) >= 11 is 13.5. The lowest BCUT2D eigenvalue weighted by Gasteiger charge is -2.25. The number of amides is 1. The lowest BCUT2D eigenvalue weighted by atomic mass is 10.2. The fourth-order valence-electron chi connectivity index (χ4n) is 2.77. The van der Waals surface area contributed by atoms with Crippen LogP contribution >= 0.6 is 35.0 Å². The number of rotatable bonds is 2. The van der Waals surface area contributed by atoms with Crippen LogP contribution in [0, 0.1) is 5.92 Å². The van der Waals surface area contributed by atoms with Crippen molar-refractivity contribution in [3.05, 3.63) is 28.2 Å². The van der Waals surface area contributed by atoms with Gasteiger partial charge in [-0.1, -0.05) is 48.8 Å². The van der Waals surface area contributed by atoms with Crippen LogP contribution in [0.4, 0.5) is 5.69 Å². The minimum atomic E-state index is -3.10. The predicted molar refractivity (Wildman–Crippen MR) is 100 cm³/mol. The molecule has 0 unspecified atom stereocenters. The molecule has 0 spiro atoms. The monoisotopic (exact) mass is 406 g/mol. The van der Waals surface area contributed by atoms with Crippen LogP contribution in [0.1, 0.15) is 13.8 Å². The maximum atomic E-state index is 12.1. The van der Waals surface area contributed by atoms with Crippen LogP contribution in [0.25, 0.3) is 0 Å². The van der Waals surface area contributed by atoms with Crippen molar-refractivity contribution in [2.75, 3.05) is 16.4 Å². The molecule has 2 fully saturated rings. The number of halogens is 2. The number of aliphatic imine (C=N–C) groups is 1. The lowest BCUT2D eigenvalue weighted by Crippen LogP contribution is -2.37. The molecule has 2 saturated heterocycles. The van der Waals surface area contributed by atoms with Crippen molar-refractivity contribution in [1.29, 1.82) is 0 Å². The Labute approximate surface area is 155 Å². The van der Waals surface area contributed by atoms with Gasteiger partial charge in [-0.05, 0) is 18.2 Å². The molecule has 5 nitrogen and oxygen atoms in total. The van der Waals surface area contributed by atoms with Crippen LogP contribution in [0.2, 0.25) is 10.0 Å². The molecule has 2 aliphatic rings. The second-order valence-electron chi connectivity index (χ2n) is 6.19. The van der Waals surface area contributed by atoms with Gasteiger partial charge in [-0.15, -0.1) is 0 Å². The average Bonchev–Trinajstić information content (AvgIpc) is 2.88. The Hall–Kier alpha value is -0.760. The van der Waals surface area contributed by atoms with E-state index in [9.17, 15) is 13.2 Å². The molecule has 1 aromatic rings. The van der Waals surface area contributed by atoms with Gasteiger partial charge < -0.3 is 4.90 Å². The maximum Gasteiger partial charge on any atom is 0.250 e. The zero-order valence-corrected chi connectivity index (χ0v) is 16.2. The smallest absolute Gasteiger partial charge is 0.250 e. The van der Waals surface area contributed by atoms with Crippen molar-refractivity contribution in [2.45, 2.75) is 25.1 Å². The van der Waals surface area contributed by atoms with Crippen molar-refractivity contribution in [1.82, 2.24) is 0 Å². The van der Waals surface area contributed by atoms with E-state index in [0.29, 0.717) is 20.9 Å². The molecular weight excluding hydrogens is 391 g/mol. The number of amidine groups is 1. The highest BCUT2D eigenvalue weighted by molar-refractivity contribution is 8.16. The number of carbonyl (C=O) groups excluding carboxylic acids is 1. The van der Waals surface area contributed by atoms with Gasteiger partial charge in [0, 0.05) is 26.9 Å². The Balaban J connectivity index is 2.06. The summed E-state index contributed by atoms with van der Waals surface area (Å²) in [6.45, 7) is 3.55. The van der Waals surface area contributed by atoms with E-state index < -0.39 is 9.84 Å². The van der Waals surface area contributed by atoms with Gasteiger partial charge in [-0.25, -0.2) is 8.42 Å². The van der Waals surface area contributed by atoms with E-state index >= 15 is 0 Å². The quantitative estimate of drug-likeness (QED) is 0.753. The fraction of sp³-hybridized carbons (Fsp3) is 0.467. The van der Waals surface area contributed by atoms with Crippen LogP contribution < -0.4 is 4.90 Å². The SMILES string of the molecule is CC(C)C(=O)N=C1S[C@@H]2CS(=O)(=O)C[C@@H]2N1c1cc(Cl)cc(Cl)c1. The summed E-state index contributed by atoms with van der Waals surface area (Å²) in [5.74, 6) is -0.350. The summed E-state index contributed by atoms with van der Waals surface area (Å²) < 4.78 is 24.0. The number of hydrogen-bond acceptors (Lipinski definition) is 4. The van der Waals surface area contributed by atoms with Gasteiger partial charge in [-0.3, -0.25) is 4.79 Å². The van der Waals surface area contributed by atoms with E-state index in [4.69, 9.17) is 23.2 Å². The molecule has 0 aliphatic carbocycles. The normalized spacial score (nSPS) is 27.0. The van der Waals surface area contributed by atoms with Gasteiger partial charge in [0.05, 0.1) is 17.5 Å². The van der Waals surface area contributed by atoms with Gasteiger partial charge in [0.1, 0.15) is 0 Å². The summed E-state index contributed by atoms with van der Waals surface area (Å²) in [5, 5.41) is 1.26. The number of benzene rings is 1. The lowest BCUT2D eigenvalue weighted by molar-refractivity contribution is -0.120. The molecule has 130 valence electrons. The molecule has 2 aliphatic heterocycles. The van der Waals surface area contributed by atoms with Crippen LogP contribution in [0.15, 0.2) is 23.2 Å². The Morgan fingerprint density at radius 3 is 2.46 bits per heavy atom. The molecular formula is C15H16Cl2N2O3S2. The molecule has 0 aromatic heterocycles. The highest BCUT2D eigenvalue weighted by atomic mass is 35.5. The number of carbonyl (C=O) groups is 1. The minimum Gasteiger partial charge on any atom is -0.315 e. The number of nitrogens with zero attached hydrogens (tertiary/aromatic N) is 2. The highest BCUT2D eigenvalue weighted by Gasteiger charge is 2.49. The van der Waals surface area contributed by atoms with E-state index in [-0.39, 0.29) is 34.6 Å². The first-order chi connectivity index (χ1) is 11.2. The van der Waals surface area contributed by atoms with Crippen LogP contribution in [-0.4, -0.2) is 42.3 Å². The van der Waals surface area contributed by atoms with Crippen molar-refractivity contribution in [3.63, 3.8) is 0 Å². The predicted octanol–water partition coefficient (Wildman–Crippen LogP) is 3.25. The second-order valence-corrected chi connectivity index (χ2v) is 10.4. The largest absolute Gasteiger partial charge is 0.315 e. The summed E-state index contributed by atoms with van der Waals surface area (Å²) in [6.07, 6.45) is 0. The third kappa shape index (κ3) is 3.59. The standard InChI is InChI=1S/C15H16Cl2N2O3S2/c1-8(2)14(20)18-15-19(11-4-9(16)3-10(17)5-11)12-6-24(21,22)7-13(12)23-15/h3-5,8,12-13H,6-7H2,1-2H3/t12-,13+/m0/s1. The van der Waals surface area contributed by atoms with E-state index in [1.807, 2.05) is 0 Å². The summed E-state index contributed by atoms with van der Waals surface area (Å²) in [5.41, 5.74) is 0.653. The molecule has 9 heteroatoms. The average molecular weight is 407 g/mol. The first-order valence-electron chi connectivity index (χ1n) is 7.41. The Morgan fingerprint density at radius 2 is 1.88 bits per heavy atom. The van der Waals surface area contributed by atoms with Crippen molar-refractivity contribution < 1.29 is 13.2 Å². The third-order valence-corrected chi connectivity index (χ3v) is 7.54. The van der Waals surface area contributed by atoms with E-state index in [2.05, 4.69) is 4.99 Å². The summed E-state index contributed by atoms with van der Waals surface area (Å²) in [7, 11) is -3.10. The van der Waals surface area contributed by atoms with Gasteiger partial charge in [-0.2, -0.15) is 4.99 Å². The van der Waals surface area contributed by atoms with Gasteiger partial charge in [0.2, 0.25) is 0 Å². The van der Waals surface area contributed by atoms with Crippen LogP contribution in [0.5, 0.6) is 0 Å². The van der Waals surface area contributed by atoms with Crippen LogP contribution in [-0.2, 0) is 14.6 Å². The zero-order valence-electron chi connectivity index (χ0n) is 13.1. The minimum absolute atomic E-state index is 0.0314. The Morgan fingerprint density at radius 1 is 1.25 bits per heavy atom. The second kappa shape index (κ2) is 6.52. The van der Waals surface area contributed by atoms with Gasteiger partial charge >= 0.3 is 0 Å². The number of anilines is 1. The molecule has 0 N–H and O–H groups in total. The highest BCUT2D eigenvalue weighted by Crippen LogP contribution is 2.42. The number of sulfone groups is 1. The molecule has 24 heavy (non-hydrogen) atoms. The third-order valence-electron chi connectivity index (χ3n) is 3.89.